The van der Waals surface area contributed by atoms with Crippen LogP contribution in [0.1, 0.15) is 43.7 Å². The van der Waals surface area contributed by atoms with Gasteiger partial charge in [0.2, 0.25) is 0 Å². The van der Waals surface area contributed by atoms with Crippen LogP contribution >= 0.6 is 0 Å². The average Bonchev–Trinajstić information content (AvgIpc) is 2.73. The van der Waals surface area contributed by atoms with Gasteiger partial charge >= 0.3 is 0 Å². The number of nitrogens with one attached hydrogen (secondary N) is 2. The van der Waals surface area contributed by atoms with Gasteiger partial charge in [-0.2, -0.15) is 0 Å². The Balaban J connectivity index is 1.53. The van der Waals surface area contributed by atoms with E-state index in [1.54, 1.807) is 0 Å². The molecule has 150 valence electrons. The fraction of sp³-hybridized carbons (Fsp3) is 0.478. The highest BCUT2D eigenvalue weighted by Gasteiger charge is 2.20. The van der Waals surface area contributed by atoms with Crippen molar-refractivity contribution in [1.29, 1.82) is 0 Å². The van der Waals surface area contributed by atoms with Gasteiger partial charge in [0, 0.05) is 44.3 Å². The highest BCUT2D eigenvalue weighted by Crippen LogP contribution is 2.18. The second kappa shape index (κ2) is 10.1. The van der Waals surface area contributed by atoms with Gasteiger partial charge < -0.3 is 15.5 Å². The maximum atomic E-state index is 4.85. The summed E-state index contributed by atoms with van der Waals surface area (Å²) in [5.41, 5.74) is 2.64. The number of piperidine rings is 1. The summed E-state index contributed by atoms with van der Waals surface area (Å²) in [4.78, 5) is 11.7. The molecule has 1 aliphatic rings. The second-order valence-corrected chi connectivity index (χ2v) is 7.62. The zero-order valence-corrected chi connectivity index (χ0v) is 17.4. The van der Waals surface area contributed by atoms with Crippen LogP contribution < -0.4 is 15.5 Å². The molecule has 1 aromatic carbocycles. The molecule has 28 heavy (non-hydrogen) atoms. The smallest absolute Gasteiger partial charge is 0.191 e. The van der Waals surface area contributed by atoms with Crippen molar-refractivity contribution in [2.24, 2.45) is 4.99 Å². The van der Waals surface area contributed by atoms with Crippen LogP contribution in [-0.2, 0) is 0 Å². The summed E-state index contributed by atoms with van der Waals surface area (Å²) in [6.45, 7) is 10.2. The quantitative estimate of drug-likeness (QED) is 0.593. The number of hydrogen-bond acceptors (Lipinski definition) is 3. The topological polar surface area (TPSA) is 52.6 Å². The van der Waals surface area contributed by atoms with Gasteiger partial charge in [-0.05, 0) is 44.4 Å². The molecule has 2 heterocycles. The molecule has 0 bridgehead atoms. The fourth-order valence-electron chi connectivity index (χ4n) is 3.54. The molecule has 0 radical (unpaired) electrons. The summed E-state index contributed by atoms with van der Waals surface area (Å²) in [5.74, 6) is 2.41. The molecule has 1 atom stereocenters. The maximum Gasteiger partial charge on any atom is 0.191 e. The molecule has 1 aliphatic heterocycles. The third kappa shape index (κ3) is 5.72. The standard InChI is InChI=1S/C23H33N5/c1-4-24-23(26-17-19(3)20-10-8-18(2)9-11-20)27-21-12-15-28(16-13-21)22-7-5-6-14-25-22/h5-11,14,19,21H,4,12-13,15-17H2,1-3H3,(H2,24,26,27). The van der Waals surface area contributed by atoms with Gasteiger partial charge in [-0.1, -0.05) is 42.8 Å². The Morgan fingerprint density at radius 1 is 1.18 bits per heavy atom. The zero-order valence-electron chi connectivity index (χ0n) is 17.4. The number of aryl methyl sites for hydroxylation is 1. The van der Waals surface area contributed by atoms with Crippen molar-refractivity contribution in [3.05, 3.63) is 59.8 Å². The third-order valence-electron chi connectivity index (χ3n) is 5.32. The third-order valence-corrected chi connectivity index (χ3v) is 5.32. The van der Waals surface area contributed by atoms with Gasteiger partial charge in [0.1, 0.15) is 5.82 Å². The molecule has 1 saturated heterocycles. The second-order valence-electron chi connectivity index (χ2n) is 7.62. The molecule has 0 aliphatic carbocycles. The molecule has 1 aromatic heterocycles. The first kappa shape index (κ1) is 20.2. The predicted octanol–water partition coefficient (Wildman–Crippen LogP) is 3.72. The Bertz CT molecular complexity index is 733. The normalized spacial score (nSPS) is 16.7. The average molecular weight is 380 g/mol. The van der Waals surface area contributed by atoms with Crippen molar-refractivity contribution >= 4 is 11.8 Å². The van der Waals surface area contributed by atoms with E-state index in [-0.39, 0.29) is 0 Å². The van der Waals surface area contributed by atoms with Crippen LogP contribution in [0, 0.1) is 6.92 Å². The summed E-state index contributed by atoms with van der Waals surface area (Å²) in [6, 6.07) is 15.3. The van der Waals surface area contributed by atoms with Crippen molar-refractivity contribution in [1.82, 2.24) is 15.6 Å². The lowest BCUT2D eigenvalue weighted by Crippen LogP contribution is -2.49. The lowest BCUT2D eigenvalue weighted by molar-refractivity contribution is 0.459. The summed E-state index contributed by atoms with van der Waals surface area (Å²) in [7, 11) is 0. The summed E-state index contributed by atoms with van der Waals surface area (Å²) < 4.78 is 0. The lowest BCUT2D eigenvalue weighted by Gasteiger charge is -2.33. The minimum atomic E-state index is 0.405. The number of aliphatic imine (C=N–C) groups is 1. The van der Waals surface area contributed by atoms with Crippen molar-refractivity contribution in [2.45, 2.75) is 45.6 Å². The fourth-order valence-corrected chi connectivity index (χ4v) is 3.54. The Morgan fingerprint density at radius 3 is 2.57 bits per heavy atom. The van der Waals surface area contributed by atoms with E-state index in [1.807, 2.05) is 12.3 Å². The van der Waals surface area contributed by atoms with E-state index in [0.717, 1.165) is 50.8 Å². The van der Waals surface area contributed by atoms with E-state index in [2.05, 4.69) is 77.7 Å². The Labute approximate surface area is 169 Å². The number of pyridine rings is 1. The molecule has 2 aromatic rings. The van der Waals surface area contributed by atoms with Crippen molar-refractivity contribution in [3.63, 3.8) is 0 Å². The molecule has 0 spiro atoms. The monoisotopic (exact) mass is 379 g/mol. The molecule has 1 fully saturated rings. The number of benzene rings is 1. The number of anilines is 1. The van der Waals surface area contributed by atoms with E-state index in [9.17, 15) is 0 Å². The van der Waals surface area contributed by atoms with Crippen LogP contribution in [0.3, 0.4) is 0 Å². The summed E-state index contributed by atoms with van der Waals surface area (Å²) >= 11 is 0. The minimum Gasteiger partial charge on any atom is -0.357 e. The number of aromatic nitrogens is 1. The van der Waals surface area contributed by atoms with Crippen molar-refractivity contribution < 1.29 is 0 Å². The summed E-state index contributed by atoms with van der Waals surface area (Å²) in [6.07, 6.45) is 4.05. The van der Waals surface area contributed by atoms with Gasteiger partial charge in [0.25, 0.3) is 0 Å². The van der Waals surface area contributed by atoms with Crippen molar-refractivity contribution in [2.75, 3.05) is 31.1 Å². The van der Waals surface area contributed by atoms with Gasteiger partial charge in [0.15, 0.2) is 5.96 Å². The first-order valence-electron chi connectivity index (χ1n) is 10.4. The van der Waals surface area contributed by atoms with Gasteiger partial charge in [-0.25, -0.2) is 4.98 Å². The van der Waals surface area contributed by atoms with Crippen LogP contribution in [0.5, 0.6) is 0 Å². The van der Waals surface area contributed by atoms with E-state index in [4.69, 9.17) is 4.99 Å². The molecule has 5 heteroatoms. The van der Waals surface area contributed by atoms with E-state index < -0.39 is 0 Å². The number of nitrogens with zero attached hydrogens (tertiary/aromatic N) is 3. The molecular weight excluding hydrogens is 346 g/mol. The number of rotatable bonds is 6. The number of hydrogen-bond donors (Lipinski definition) is 2. The molecule has 2 N–H and O–H groups in total. The molecule has 5 nitrogen and oxygen atoms in total. The highest BCUT2D eigenvalue weighted by atomic mass is 15.2. The molecule has 3 rings (SSSR count). The van der Waals surface area contributed by atoms with Crippen LogP contribution in [-0.4, -0.2) is 43.2 Å². The molecule has 0 amide bonds. The van der Waals surface area contributed by atoms with Gasteiger partial charge in [0.05, 0.1) is 0 Å². The first-order chi connectivity index (χ1) is 13.7. The summed E-state index contributed by atoms with van der Waals surface area (Å²) in [5, 5.41) is 7.04. The van der Waals surface area contributed by atoms with Crippen molar-refractivity contribution in [3.8, 4) is 0 Å². The lowest BCUT2D eigenvalue weighted by atomic mass is 10.0. The number of guanidine groups is 1. The van der Waals surface area contributed by atoms with Gasteiger partial charge in [-0.15, -0.1) is 0 Å². The molecule has 1 unspecified atom stereocenters. The Kier molecular flexibility index (Phi) is 7.29. The largest absolute Gasteiger partial charge is 0.357 e. The van der Waals surface area contributed by atoms with Crippen LogP contribution in [0.4, 0.5) is 5.82 Å². The zero-order chi connectivity index (χ0) is 19.8. The Morgan fingerprint density at radius 2 is 1.93 bits per heavy atom. The van der Waals surface area contributed by atoms with Crippen LogP contribution in [0.25, 0.3) is 0 Å². The van der Waals surface area contributed by atoms with E-state index in [0.29, 0.717) is 12.0 Å². The Hall–Kier alpha value is -2.56. The highest BCUT2D eigenvalue weighted by molar-refractivity contribution is 5.80. The van der Waals surface area contributed by atoms with E-state index in [1.165, 1.54) is 11.1 Å². The predicted molar refractivity (Wildman–Crippen MR) is 118 cm³/mol. The van der Waals surface area contributed by atoms with Gasteiger partial charge in [-0.3, -0.25) is 4.99 Å². The molecule has 0 saturated carbocycles. The van der Waals surface area contributed by atoms with Crippen LogP contribution in [0.15, 0.2) is 53.7 Å². The van der Waals surface area contributed by atoms with E-state index >= 15 is 0 Å². The first-order valence-corrected chi connectivity index (χ1v) is 10.4. The molecular formula is C23H33N5. The van der Waals surface area contributed by atoms with Crippen LogP contribution in [0.2, 0.25) is 0 Å². The maximum absolute atomic E-state index is 4.85. The SMILES string of the molecule is CCNC(=NCC(C)c1ccc(C)cc1)NC1CCN(c2ccccn2)CC1. The minimum absolute atomic E-state index is 0.405.